The number of nitrogens with zero attached hydrogens (tertiary/aromatic N) is 4. The fourth-order valence-corrected chi connectivity index (χ4v) is 3.46. The quantitative estimate of drug-likeness (QED) is 0.758. The van der Waals surface area contributed by atoms with Gasteiger partial charge in [0.2, 0.25) is 5.91 Å². The molecule has 1 saturated carbocycles. The molecule has 152 valence electrons. The van der Waals surface area contributed by atoms with Gasteiger partial charge in [0.15, 0.2) is 5.82 Å². The first-order chi connectivity index (χ1) is 13.2. The van der Waals surface area contributed by atoms with E-state index in [2.05, 4.69) is 17.2 Å². The van der Waals surface area contributed by atoms with Crippen LogP contribution < -0.4 is 5.73 Å². The van der Waals surface area contributed by atoms with Crippen LogP contribution in [0.3, 0.4) is 0 Å². The maximum absolute atomic E-state index is 12.7. The van der Waals surface area contributed by atoms with E-state index in [0.717, 1.165) is 17.8 Å². The minimum atomic E-state index is -0.287. The molecule has 0 unspecified atom stereocenters. The van der Waals surface area contributed by atoms with Crippen molar-refractivity contribution in [3.05, 3.63) is 47.5 Å². The molecular formula is C20H28ClN5O2. The molecule has 1 aliphatic carbocycles. The van der Waals surface area contributed by atoms with E-state index >= 15 is 0 Å². The summed E-state index contributed by atoms with van der Waals surface area (Å²) in [5, 5.41) is 4.63. The number of ether oxygens (including phenoxy) is 1. The molecule has 7 nitrogen and oxygen atoms in total. The van der Waals surface area contributed by atoms with Gasteiger partial charge in [-0.25, -0.2) is 9.67 Å². The minimum Gasteiger partial charge on any atom is -0.378 e. The number of carbonyl (C=O) groups excluding carboxylic acids is 1. The average molecular weight is 406 g/mol. The Morgan fingerprint density at radius 2 is 1.93 bits per heavy atom. The lowest BCUT2D eigenvalue weighted by Gasteiger charge is -2.27. The lowest BCUT2D eigenvalue weighted by Crippen LogP contribution is -2.42. The van der Waals surface area contributed by atoms with E-state index in [1.807, 2.05) is 23.1 Å². The van der Waals surface area contributed by atoms with E-state index in [0.29, 0.717) is 44.5 Å². The SMILES string of the molecule is Cl.N[C@H](Cc1ccccc1)c1nc(CC2CC2)nn1CC(=O)N1CCOCC1. The van der Waals surface area contributed by atoms with Crippen molar-refractivity contribution in [2.75, 3.05) is 26.3 Å². The Kier molecular flexibility index (Phi) is 7.04. The number of aromatic nitrogens is 3. The summed E-state index contributed by atoms with van der Waals surface area (Å²) in [6.45, 7) is 2.64. The van der Waals surface area contributed by atoms with Gasteiger partial charge in [0.05, 0.1) is 19.3 Å². The second-order valence-electron chi connectivity index (χ2n) is 7.48. The topological polar surface area (TPSA) is 86.3 Å². The zero-order valence-corrected chi connectivity index (χ0v) is 16.8. The molecule has 0 bridgehead atoms. The molecule has 8 heteroatoms. The Bertz CT molecular complexity index is 772. The van der Waals surface area contributed by atoms with Crippen LogP contribution in [-0.4, -0.2) is 51.9 Å². The Labute approximate surface area is 171 Å². The van der Waals surface area contributed by atoms with Crippen LogP contribution in [-0.2, 0) is 28.9 Å². The van der Waals surface area contributed by atoms with Crippen LogP contribution in [0.2, 0.25) is 0 Å². The Morgan fingerprint density at radius 1 is 1.21 bits per heavy atom. The first-order valence-electron chi connectivity index (χ1n) is 9.77. The van der Waals surface area contributed by atoms with E-state index in [1.165, 1.54) is 12.8 Å². The summed E-state index contributed by atoms with van der Waals surface area (Å²) in [7, 11) is 0. The van der Waals surface area contributed by atoms with Gasteiger partial charge in [0.1, 0.15) is 12.4 Å². The molecule has 1 aromatic carbocycles. The zero-order chi connectivity index (χ0) is 18.6. The summed E-state index contributed by atoms with van der Waals surface area (Å²) in [5.41, 5.74) is 7.63. The summed E-state index contributed by atoms with van der Waals surface area (Å²) in [6, 6.07) is 9.84. The smallest absolute Gasteiger partial charge is 0.244 e. The maximum atomic E-state index is 12.7. The van der Waals surface area contributed by atoms with Crippen LogP contribution in [0.5, 0.6) is 0 Å². The molecule has 1 atom stereocenters. The number of carbonyl (C=O) groups is 1. The Hall–Kier alpha value is -1.96. The lowest BCUT2D eigenvalue weighted by molar-refractivity contribution is -0.136. The molecule has 2 aliphatic rings. The fraction of sp³-hybridized carbons (Fsp3) is 0.550. The average Bonchev–Trinajstić information content (AvgIpc) is 3.42. The molecule has 1 aliphatic heterocycles. The monoisotopic (exact) mass is 405 g/mol. The highest BCUT2D eigenvalue weighted by molar-refractivity contribution is 5.85. The molecule has 0 spiro atoms. The third-order valence-corrected chi connectivity index (χ3v) is 5.19. The van der Waals surface area contributed by atoms with Crippen molar-refractivity contribution in [2.45, 2.75) is 38.3 Å². The molecule has 4 rings (SSSR count). The third-order valence-electron chi connectivity index (χ3n) is 5.19. The summed E-state index contributed by atoms with van der Waals surface area (Å²) in [6.07, 6.45) is 4.04. The standard InChI is InChI=1S/C20H27N5O2.ClH/c21-17(12-15-4-2-1-3-5-15)20-22-18(13-16-6-7-16)23-25(20)14-19(26)24-8-10-27-11-9-24;/h1-5,16-17H,6-14,21H2;1H/t17-;/m1./s1. The number of hydrogen-bond donors (Lipinski definition) is 1. The van der Waals surface area contributed by atoms with Gasteiger partial charge in [-0.15, -0.1) is 12.4 Å². The van der Waals surface area contributed by atoms with Crippen molar-refractivity contribution in [1.82, 2.24) is 19.7 Å². The van der Waals surface area contributed by atoms with Crippen LogP contribution >= 0.6 is 12.4 Å². The summed E-state index contributed by atoms with van der Waals surface area (Å²) >= 11 is 0. The molecule has 0 radical (unpaired) electrons. The van der Waals surface area contributed by atoms with Crippen molar-refractivity contribution >= 4 is 18.3 Å². The molecule has 1 saturated heterocycles. The van der Waals surface area contributed by atoms with Gasteiger partial charge in [0.25, 0.3) is 0 Å². The second-order valence-corrected chi connectivity index (χ2v) is 7.48. The molecule has 1 aromatic heterocycles. The predicted molar refractivity (Wildman–Crippen MR) is 108 cm³/mol. The highest BCUT2D eigenvalue weighted by atomic mass is 35.5. The van der Waals surface area contributed by atoms with Crippen LogP contribution in [0.15, 0.2) is 30.3 Å². The summed E-state index contributed by atoms with van der Waals surface area (Å²) in [4.78, 5) is 19.2. The number of benzene rings is 1. The molecule has 1 amide bonds. The summed E-state index contributed by atoms with van der Waals surface area (Å²) < 4.78 is 7.06. The van der Waals surface area contributed by atoms with Crippen molar-refractivity contribution in [2.24, 2.45) is 11.7 Å². The number of hydrogen-bond acceptors (Lipinski definition) is 5. The number of morpholine rings is 1. The molecule has 2 N–H and O–H groups in total. The van der Waals surface area contributed by atoms with Crippen molar-refractivity contribution in [3.8, 4) is 0 Å². The summed E-state index contributed by atoms with van der Waals surface area (Å²) in [5.74, 6) is 2.25. The number of amides is 1. The number of nitrogens with two attached hydrogens (primary N) is 1. The third kappa shape index (κ3) is 5.31. The fourth-order valence-electron chi connectivity index (χ4n) is 3.46. The van der Waals surface area contributed by atoms with Crippen LogP contribution in [0.4, 0.5) is 0 Å². The molecular weight excluding hydrogens is 378 g/mol. The van der Waals surface area contributed by atoms with Crippen molar-refractivity contribution < 1.29 is 9.53 Å². The largest absolute Gasteiger partial charge is 0.378 e. The predicted octanol–water partition coefficient (Wildman–Crippen LogP) is 1.75. The normalized spacial score (nSPS) is 17.8. The van der Waals surface area contributed by atoms with Crippen LogP contribution in [0.1, 0.15) is 36.1 Å². The van der Waals surface area contributed by atoms with Gasteiger partial charge in [-0.3, -0.25) is 4.79 Å². The van der Waals surface area contributed by atoms with E-state index in [1.54, 1.807) is 4.68 Å². The van der Waals surface area contributed by atoms with E-state index in [9.17, 15) is 4.79 Å². The van der Waals surface area contributed by atoms with Crippen LogP contribution in [0, 0.1) is 5.92 Å². The van der Waals surface area contributed by atoms with Crippen molar-refractivity contribution in [3.63, 3.8) is 0 Å². The van der Waals surface area contributed by atoms with Crippen LogP contribution in [0.25, 0.3) is 0 Å². The van der Waals surface area contributed by atoms with Gasteiger partial charge >= 0.3 is 0 Å². The Balaban J connectivity index is 0.00000225. The molecule has 2 fully saturated rings. The highest BCUT2D eigenvalue weighted by Gasteiger charge is 2.27. The highest BCUT2D eigenvalue weighted by Crippen LogP contribution is 2.32. The first kappa shape index (κ1) is 20.8. The first-order valence-corrected chi connectivity index (χ1v) is 9.77. The van der Waals surface area contributed by atoms with Crippen molar-refractivity contribution in [1.29, 1.82) is 0 Å². The van der Waals surface area contributed by atoms with E-state index < -0.39 is 0 Å². The molecule has 2 aromatic rings. The Morgan fingerprint density at radius 3 is 2.61 bits per heavy atom. The molecule has 28 heavy (non-hydrogen) atoms. The second kappa shape index (κ2) is 9.49. The number of rotatable bonds is 7. The zero-order valence-electron chi connectivity index (χ0n) is 16.0. The minimum absolute atomic E-state index is 0. The number of halogens is 1. The van der Waals surface area contributed by atoms with E-state index in [4.69, 9.17) is 15.5 Å². The van der Waals surface area contributed by atoms with Gasteiger partial charge in [0, 0.05) is 19.5 Å². The van der Waals surface area contributed by atoms with Gasteiger partial charge in [-0.2, -0.15) is 5.10 Å². The van der Waals surface area contributed by atoms with Gasteiger partial charge in [-0.05, 0) is 30.7 Å². The maximum Gasteiger partial charge on any atom is 0.244 e. The van der Waals surface area contributed by atoms with E-state index in [-0.39, 0.29) is 30.9 Å². The van der Waals surface area contributed by atoms with Gasteiger partial charge < -0.3 is 15.4 Å². The molecule has 2 heterocycles. The van der Waals surface area contributed by atoms with Gasteiger partial charge in [-0.1, -0.05) is 30.3 Å². The lowest BCUT2D eigenvalue weighted by atomic mass is 10.1.